The van der Waals surface area contributed by atoms with E-state index in [0.717, 1.165) is 64.2 Å². The first kappa shape index (κ1) is 41.5. The molecule has 0 aromatic heterocycles. The van der Waals surface area contributed by atoms with Crippen molar-refractivity contribution in [3.63, 3.8) is 0 Å². The summed E-state index contributed by atoms with van der Waals surface area (Å²) < 4.78 is 42.6. The number of ether oxygens (including phenoxy) is 2. The van der Waals surface area contributed by atoms with E-state index in [1.807, 2.05) is 12.2 Å². The Labute approximate surface area is 269 Å². The van der Waals surface area contributed by atoms with Crippen LogP contribution < -0.4 is 70.6 Å². The van der Waals surface area contributed by atoms with Crippen LogP contribution in [-0.2, 0) is 34.0 Å². The number of nitrogens with two attached hydrogens (primary N) is 2. The van der Waals surface area contributed by atoms with Crippen molar-refractivity contribution in [1.29, 1.82) is 0 Å². The van der Waals surface area contributed by atoms with E-state index in [0.29, 0.717) is 19.3 Å². The Kier molecular flexibility index (Phi) is 29.4. The molecule has 0 bridgehead atoms. The van der Waals surface area contributed by atoms with Crippen LogP contribution in [0.5, 0.6) is 0 Å². The van der Waals surface area contributed by atoms with Crippen LogP contribution in [0.25, 0.3) is 0 Å². The van der Waals surface area contributed by atoms with E-state index in [9.17, 15) is 27.4 Å². The minimum absolute atomic E-state index is 0. The van der Waals surface area contributed by atoms with Gasteiger partial charge in [0, 0.05) is 19.4 Å². The predicted octanol–water partition coefficient (Wildman–Crippen LogP) is -2.59. The van der Waals surface area contributed by atoms with Crippen LogP contribution in [0, 0.1) is 0 Å². The largest absolute Gasteiger partial charge is 1.00 e. The Morgan fingerprint density at radius 1 is 0.973 bits per heavy atom. The Bertz CT molecular complexity index is 762. The molecule has 0 aromatic carbocycles. The Morgan fingerprint density at radius 2 is 1.59 bits per heavy atom. The van der Waals surface area contributed by atoms with Gasteiger partial charge in [-0.05, 0) is 32.1 Å². The number of carbonyl (C=O) groups excluding carboxylic acids is 3. The monoisotopic (exact) mass is 568 g/mol. The van der Waals surface area contributed by atoms with Crippen LogP contribution in [-0.4, -0.2) is 55.3 Å². The molecule has 0 fully saturated rings. The van der Waals surface area contributed by atoms with Gasteiger partial charge in [-0.25, -0.2) is 0 Å². The van der Waals surface area contributed by atoms with Crippen molar-refractivity contribution in [3.8, 4) is 0 Å². The van der Waals surface area contributed by atoms with E-state index in [2.05, 4.69) is 11.7 Å². The molecule has 0 aromatic rings. The summed E-state index contributed by atoms with van der Waals surface area (Å²) in [6, 6.07) is 0. The molecule has 0 aliphatic rings. The van der Waals surface area contributed by atoms with Gasteiger partial charge in [-0.15, -0.1) is 0 Å². The van der Waals surface area contributed by atoms with Gasteiger partial charge in [-0.3, -0.25) is 18.9 Å². The molecule has 0 spiro atoms. The molecule has 2 atom stereocenters. The second-order valence-corrected chi connectivity index (χ2v) is 10.2. The zero-order valence-electron chi connectivity index (χ0n) is 25.0. The first-order valence-corrected chi connectivity index (χ1v) is 14.1. The van der Waals surface area contributed by atoms with Gasteiger partial charge in [0.05, 0.1) is 6.42 Å². The molecule has 0 radical (unpaired) electrons. The first-order chi connectivity index (χ1) is 16.6. The fourth-order valence-corrected chi connectivity index (χ4v) is 4.09. The van der Waals surface area contributed by atoms with Gasteiger partial charge < -0.3 is 23.8 Å². The average molecular weight is 569 g/mol. The van der Waals surface area contributed by atoms with E-state index in [1.165, 1.54) is 0 Å². The number of esters is 2. The molecule has 1 amide bonds. The van der Waals surface area contributed by atoms with Gasteiger partial charge in [-0.2, -0.15) is 8.42 Å². The van der Waals surface area contributed by atoms with E-state index < -0.39 is 39.8 Å². The minimum atomic E-state index is -4.84. The maximum atomic E-state index is 12.4. The van der Waals surface area contributed by atoms with Gasteiger partial charge in [0.25, 0.3) is 10.1 Å². The van der Waals surface area contributed by atoms with Gasteiger partial charge in [0.1, 0.15) is 12.7 Å². The van der Waals surface area contributed by atoms with Crippen LogP contribution in [0.2, 0.25) is 0 Å². The molecular weight excluding hydrogens is 522 g/mol. The topological polar surface area (TPSA) is 176 Å². The Morgan fingerprint density at radius 3 is 2.19 bits per heavy atom. The molecule has 37 heavy (non-hydrogen) atoms. The molecule has 1 unspecified atom stereocenters. The zero-order valence-corrected chi connectivity index (χ0v) is 27.8. The number of hydrogen-bond donors (Lipinski definition) is 3. The third-order valence-electron chi connectivity index (χ3n) is 5.37. The van der Waals surface area contributed by atoms with E-state index >= 15 is 0 Å². The molecule has 208 valence electrons. The van der Waals surface area contributed by atoms with Crippen molar-refractivity contribution in [1.82, 2.24) is 0 Å². The van der Waals surface area contributed by atoms with Crippen molar-refractivity contribution in [2.24, 2.45) is 11.5 Å². The molecule has 0 heterocycles. The molecule has 0 rings (SSSR count). The summed E-state index contributed by atoms with van der Waals surface area (Å²) >= 11 is 0. The Balaban J connectivity index is -0.000000963. The summed E-state index contributed by atoms with van der Waals surface area (Å²) in [4.78, 5) is 35.0. The molecule has 0 aliphatic carbocycles. The van der Waals surface area contributed by atoms with Crippen molar-refractivity contribution >= 4 is 28.0 Å². The predicted molar refractivity (Wildman–Crippen MR) is 136 cm³/mol. The van der Waals surface area contributed by atoms with E-state index in [4.69, 9.17) is 16.2 Å². The number of hydrogen-bond acceptors (Lipinski definition) is 8. The smallest absolute Gasteiger partial charge is 1.00 e. The summed E-state index contributed by atoms with van der Waals surface area (Å²) in [6.45, 7) is 1.85. The second kappa shape index (κ2) is 26.3. The molecule has 0 saturated carbocycles. The zero-order chi connectivity index (χ0) is 26.5. The fraction of sp³-hybridized carbons (Fsp3) is 0.792. The van der Waals surface area contributed by atoms with Crippen molar-refractivity contribution in [2.75, 3.05) is 13.2 Å². The maximum Gasteiger partial charge on any atom is 1.00 e. The maximum absolute atomic E-state index is 12.4. The van der Waals surface area contributed by atoms with Crippen LogP contribution in [0.15, 0.2) is 12.2 Å². The number of amides is 1. The van der Waals surface area contributed by atoms with Crippen molar-refractivity contribution in [3.05, 3.63) is 12.2 Å². The summed E-state index contributed by atoms with van der Waals surface area (Å²) in [5.74, 6) is -2.39. The van der Waals surface area contributed by atoms with Crippen LogP contribution in [0.4, 0.5) is 0 Å². The van der Waals surface area contributed by atoms with Gasteiger partial charge in [-0.1, -0.05) is 57.6 Å². The Hall–Kier alpha value is 0.0200. The van der Waals surface area contributed by atoms with Crippen LogP contribution >= 0.6 is 0 Å². The van der Waals surface area contributed by atoms with Crippen LogP contribution in [0.3, 0.4) is 0 Å². The normalized spacial score (nSPS) is 12.7. The average Bonchev–Trinajstić information content (AvgIpc) is 2.78. The molecule has 5 N–H and O–H groups in total. The molecule has 0 saturated heterocycles. The summed E-state index contributed by atoms with van der Waals surface area (Å²) in [5.41, 5.74) is 10.4. The SMILES string of the molecule is CCCCCC[C@H](C/C=C\CCCCCCCC(N)=O)OC(=O)CC(C(=O)OCCN)S(=O)(=O)O.[H-].[H-].[Na+].[Na+]. The summed E-state index contributed by atoms with van der Waals surface area (Å²) in [7, 11) is -4.84. The number of allylic oxidation sites excluding steroid dienone is 1. The summed E-state index contributed by atoms with van der Waals surface area (Å²) in [5, 5.41) is -2.04. The van der Waals surface area contributed by atoms with E-state index in [1.54, 1.807) is 0 Å². The van der Waals surface area contributed by atoms with Crippen LogP contribution in [0.1, 0.15) is 99.7 Å². The quantitative estimate of drug-likeness (QED) is 0.0416. The third kappa shape index (κ3) is 24.8. The molecule has 13 heteroatoms. The van der Waals surface area contributed by atoms with Gasteiger partial charge >= 0.3 is 71.1 Å². The third-order valence-corrected chi connectivity index (χ3v) is 6.45. The van der Waals surface area contributed by atoms with Gasteiger partial charge in [0.15, 0.2) is 5.25 Å². The first-order valence-electron chi connectivity index (χ1n) is 12.6. The van der Waals surface area contributed by atoms with Crippen molar-refractivity contribution < 1.29 is 98.8 Å². The molecule has 0 aliphatic heterocycles. The molecular formula is C24H46N2Na2O8S. The van der Waals surface area contributed by atoms with E-state index in [-0.39, 0.29) is 81.0 Å². The van der Waals surface area contributed by atoms with Gasteiger partial charge in [0.2, 0.25) is 5.91 Å². The fourth-order valence-electron chi connectivity index (χ4n) is 3.43. The number of carbonyl (C=O) groups is 3. The molecule has 10 nitrogen and oxygen atoms in total. The minimum Gasteiger partial charge on any atom is -1.00 e. The second-order valence-electron chi connectivity index (χ2n) is 8.60. The number of unbranched alkanes of at least 4 members (excludes halogenated alkanes) is 8. The number of rotatable bonds is 22. The standard InChI is InChI=1S/C24H44N2O8S.2Na.2H/c1-2-3-4-11-14-20(15-12-9-7-5-6-8-10-13-16-22(26)27)34-23(28)19-21(35(30,31)32)24(29)33-18-17-25;;;;/h9,12,20-21H,2-8,10-11,13-19,25H2,1H3,(H2,26,27)(H,30,31,32);;;;/q;2*+1;2*-1/b12-9-;;;;/t20-,21?;;;;/m1..../s1. The number of primary amides is 1. The van der Waals surface area contributed by atoms with Crippen molar-refractivity contribution in [2.45, 2.75) is 108 Å². The summed E-state index contributed by atoms with van der Waals surface area (Å²) in [6.07, 6.45) is 14.0.